The number of alkyl carbamates (subject to hydrolysis) is 1. The van der Waals surface area contributed by atoms with Crippen LogP contribution in [0.2, 0.25) is 0 Å². The largest absolute Gasteiger partial charge is 0.430 e. The normalized spacial score (nSPS) is 12.0. The molecule has 45 heavy (non-hydrogen) atoms. The monoisotopic (exact) mass is 636 g/mol. The Balaban J connectivity index is 1.71. The molecule has 0 radical (unpaired) electrons. The summed E-state index contributed by atoms with van der Waals surface area (Å²) in [6, 6.07) is 20.5. The van der Waals surface area contributed by atoms with Gasteiger partial charge in [-0.25, -0.2) is 18.4 Å². The Morgan fingerprint density at radius 3 is 2.29 bits per heavy atom. The van der Waals surface area contributed by atoms with Gasteiger partial charge in [-0.2, -0.15) is 0 Å². The van der Waals surface area contributed by atoms with Gasteiger partial charge < -0.3 is 15.0 Å². The number of nitrogens with zero attached hydrogens (tertiary/aromatic N) is 2. The van der Waals surface area contributed by atoms with Crippen LogP contribution < -0.4 is 20.7 Å². The number of hydrogen-bond donors (Lipinski definition) is 4. The summed E-state index contributed by atoms with van der Waals surface area (Å²) in [5.74, 6) is -0.340. The molecule has 11 nitrogen and oxygen atoms in total. The highest BCUT2D eigenvalue weighted by Gasteiger charge is 2.18. The summed E-state index contributed by atoms with van der Waals surface area (Å²) < 4.78 is 29.5. The van der Waals surface area contributed by atoms with Crippen molar-refractivity contribution in [1.29, 1.82) is 5.41 Å². The number of amidine groups is 1. The van der Waals surface area contributed by atoms with Crippen LogP contribution >= 0.6 is 0 Å². The van der Waals surface area contributed by atoms with Crippen LogP contribution in [0.1, 0.15) is 52.5 Å². The molecule has 1 atom stereocenters. The van der Waals surface area contributed by atoms with Crippen LogP contribution in [0.25, 0.3) is 11.1 Å². The number of carbonyl (C=O) groups is 2. The van der Waals surface area contributed by atoms with Crippen LogP contribution in [0.4, 0.5) is 16.2 Å². The minimum absolute atomic E-state index is 0.0288. The third-order valence-corrected chi connectivity index (χ3v) is 8.34. The van der Waals surface area contributed by atoms with E-state index in [1.807, 2.05) is 29.7 Å². The highest BCUT2D eigenvalue weighted by Crippen LogP contribution is 2.27. The predicted octanol–water partition coefficient (Wildman–Crippen LogP) is 5.38. The Hall–Kier alpha value is -4.26. The number of amides is 2. The van der Waals surface area contributed by atoms with Crippen molar-refractivity contribution in [3.05, 3.63) is 78.4 Å². The lowest BCUT2D eigenvalue weighted by Crippen LogP contribution is -2.40. The lowest BCUT2D eigenvalue weighted by Gasteiger charge is -2.26. The van der Waals surface area contributed by atoms with Crippen molar-refractivity contribution in [3.63, 3.8) is 0 Å². The number of anilines is 2. The number of benzene rings is 3. The first kappa shape index (κ1) is 35.2. The van der Waals surface area contributed by atoms with E-state index in [1.165, 1.54) is 6.07 Å². The molecule has 1 unspecified atom stereocenters. The lowest BCUT2D eigenvalue weighted by atomic mass is 10.1. The van der Waals surface area contributed by atoms with Gasteiger partial charge in [0.1, 0.15) is 5.84 Å². The Morgan fingerprint density at radius 1 is 0.956 bits per heavy atom. The molecule has 0 heterocycles. The number of hydrogen-bond acceptors (Lipinski definition) is 8. The first-order chi connectivity index (χ1) is 21.5. The van der Waals surface area contributed by atoms with Gasteiger partial charge >= 0.3 is 6.09 Å². The van der Waals surface area contributed by atoms with Crippen molar-refractivity contribution in [1.82, 2.24) is 10.2 Å². The summed E-state index contributed by atoms with van der Waals surface area (Å²) in [5.41, 5.74) is 2.91. The number of carbonyl (C=O) groups excluding carboxylic acids is 2. The van der Waals surface area contributed by atoms with Crippen LogP contribution in [0.3, 0.4) is 0 Å². The topological polar surface area (TPSA) is 158 Å². The third kappa shape index (κ3) is 10.4. The van der Waals surface area contributed by atoms with E-state index >= 15 is 0 Å². The quantitative estimate of drug-likeness (QED) is 0.0755. The number of sulfonamides is 1. The molecule has 0 bridgehead atoms. The van der Waals surface area contributed by atoms with Crippen LogP contribution in [0, 0.1) is 5.41 Å². The molecule has 0 fully saturated rings. The molecule has 0 saturated heterocycles. The maximum atomic E-state index is 13.2. The number of nitrogens with two attached hydrogens (primary N) is 1. The van der Waals surface area contributed by atoms with Crippen LogP contribution in [-0.2, 0) is 19.6 Å². The standard InChI is InChI=1S/C33H44N6O5S/c1-5-8-11-21-39(28-14-12-13-26(22-28)32(34)37-33(41)44-24(4)38(6-2)7-3)23-31(40)36-27-19-17-25(18-20-27)29-15-9-10-16-30(29)45(35,42)43/h9-10,12-20,22,24H,5-8,11,21,23H2,1-4H3,(H,36,40)(H2,34,37,41)(H2,35,42,43). The Labute approximate surface area is 266 Å². The summed E-state index contributed by atoms with van der Waals surface area (Å²) in [5, 5.41) is 19.3. The summed E-state index contributed by atoms with van der Waals surface area (Å²) in [6.07, 6.45) is 1.75. The summed E-state index contributed by atoms with van der Waals surface area (Å²) in [6.45, 7) is 10.0. The van der Waals surface area contributed by atoms with E-state index in [0.717, 1.165) is 38.0 Å². The predicted molar refractivity (Wildman–Crippen MR) is 179 cm³/mol. The average molecular weight is 637 g/mol. The van der Waals surface area contributed by atoms with Crippen molar-refractivity contribution in [2.45, 2.75) is 58.1 Å². The molecule has 0 spiro atoms. The van der Waals surface area contributed by atoms with Gasteiger partial charge in [0, 0.05) is 29.0 Å². The van der Waals surface area contributed by atoms with Crippen LogP contribution in [0.5, 0.6) is 0 Å². The van der Waals surface area contributed by atoms with Crippen LogP contribution in [0.15, 0.2) is 77.7 Å². The molecule has 0 aliphatic rings. The second-order valence-electron chi connectivity index (χ2n) is 10.6. The van der Waals surface area contributed by atoms with Gasteiger partial charge in [0.2, 0.25) is 15.9 Å². The highest BCUT2D eigenvalue weighted by atomic mass is 32.2. The Bertz CT molecular complexity index is 1560. The van der Waals surface area contributed by atoms with Gasteiger partial charge in [0.25, 0.3) is 0 Å². The first-order valence-corrected chi connectivity index (χ1v) is 16.7. The minimum atomic E-state index is -3.90. The molecule has 12 heteroatoms. The van der Waals surface area contributed by atoms with E-state index in [0.29, 0.717) is 28.9 Å². The van der Waals surface area contributed by atoms with Crippen LogP contribution in [-0.4, -0.2) is 63.6 Å². The number of ether oxygens (including phenoxy) is 1. The molecule has 3 aromatic rings. The second-order valence-corrected chi connectivity index (χ2v) is 12.1. The van der Waals surface area contributed by atoms with Gasteiger partial charge in [0.05, 0.1) is 11.4 Å². The van der Waals surface area contributed by atoms with E-state index in [2.05, 4.69) is 17.6 Å². The molecular formula is C33H44N6O5S. The molecular weight excluding hydrogens is 592 g/mol. The molecule has 0 aromatic heterocycles. The molecule has 3 rings (SSSR count). The van der Waals surface area contributed by atoms with Crippen molar-refractivity contribution < 1.29 is 22.7 Å². The fourth-order valence-corrected chi connectivity index (χ4v) is 5.70. The molecule has 5 N–H and O–H groups in total. The number of unbranched alkanes of at least 4 members (excludes halogenated alkanes) is 2. The van der Waals surface area contributed by atoms with Gasteiger partial charge in [-0.05, 0) is 62.3 Å². The van der Waals surface area contributed by atoms with Gasteiger partial charge in [-0.15, -0.1) is 0 Å². The summed E-state index contributed by atoms with van der Waals surface area (Å²) in [4.78, 5) is 29.6. The molecule has 3 aromatic carbocycles. The first-order valence-electron chi connectivity index (χ1n) is 15.1. The zero-order chi connectivity index (χ0) is 33.0. The number of nitrogens with one attached hydrogen (secondary N) is 3. The van der Waals surface area contributed by atoms with Crippen molar-refractivity contribution in [3.8, 4) is 11.1 Å². The fraction of sp³-hybridized carbons (Fsp3) is 0.364. The van der Waals surface area contributed by atoms with Gasteiger partial charge in [-0.3, -0.25) is 20.4 Å². The second kappa shape index (κ2) is 16.7. The average Bonchev–Trinajstić information content (AvgIpc) is 3.01. The molecule has 0 saturated carbocycles. The number of rotatable bonds is 15. The van der Waals surface area contributed by atoms with Gasteiger partial charge in [-0.1, -0.05) is 76.1 Å². The number of primary sulfonamides is 1. The summed E-state index contributed by atoms with van der Waals surface area (Å²) in [7, 11) is -3.90. The molecule has 0 aliphatic heterocycles. The Kier molecular flexibility index (Phi) is 13.1. The zero-order valence-electron chi connectivity index (χ0n) is 26.4. The van der Waals surface area contributed by atoms with Crippen molar-refractivity contribution >= 4 is 39.2 Å². The minimum Gasteiger partial charge on any atom is -0.430 e. The maximum absolute atomic E-state index is 13.2. The molecule has 0 aliphatic carbocycles. The van der Waals surface area contributed by atoms with E-state index in [4.69, 9.17) is 15.3 Å². The maximum Gasteiger partial charge on any atom is 0.414 e. The molecule has 2 amide bonds. The SMILES string of the molecule is CCCCCN(CC(=O)Nc1ccc(-c2ccccc2S(N)(=O)=O)cc1)c1cccc(C(=N)NC(=O)OC(C)N(CC)CC)c1. The zero-order valence-corrected chi connectivity index (χ0v) is 27.2. The van der Waals surface area contributed by atoms with Gasteiger partial charge in [0.15, 0.2) is 6.23 Å². The highest BCUT2D eigenvalue weighted by molar-refractivity contribution is 7.89. The van der Waals surface area contributed by atoms with E-state index in [1.54, 1.807) is 67.6 Å². The lowest BCUT2D eigenvalue weighted by molar-refractivity contribution is -0.115. The smallest absolute Gasteiger partial charge is 0.414 e. The van der Waals surface area contributed by atoms with E-state index in [-0.39, 0.29) is 23.2 Å². The third-order valence-electron chi connectivity index (χ3n) is 7.37. The van der Waals surface area contributed by atoms with E-state index in [9.17, 15) is 18.0 Å². The Morgan fingerprint density at radius 2 is 1.64 bits per heavy atom. The molecule has 242 valence electrons. The van der Waals surface area contributed by atoms with Crippen molar-refractivity contribution in [2.75, 3.05) is 36.4 Å². The van der Waals surface area contributed by atoms with Crippen molar-refractivity contribution in [2.24, 2.45) is 5.14 Å². The van der Waals surface area contributed by atoms with E-state index < -0.39 is 22.3 Å². The fourth-order valence-electron chi connectivity index (χ4n) is 4.94. The summed E-state index contributed by atoms with van der Waals surface area (Å²) >= 11 is 0.